The number of carbonyl (C=O) groups excluding carboxylic acids is 1. The molecular weight excluding hydrogens is 302 g/mol. The Kier molecular flexibility index (Phi) is 3.14. The highest BCUT2D eigenvalue weighted by molar-refractivity contribution is 7.85. The summed E-state index contributed by atoms with van der Waals surface area (Å²) in [4.78, 5) is 13.4. The standard InChI is InChI=1S/C16H15NO4S/c1-9-2-5-11(16-14(9)20-6-7-22(16)19)13(18)12-8-17-21-15(12)10-3-4-10/h2,5,8,10H,3-4,6-7H2,1H3. The molecule has 22 heavy (non-hydrogen) atoms. The number of benzene rings is 1. The number of rotatable bonds is 3. The van der Waals surface area contributed by atoms with Crippen molar-refractivity contribution in [3.63, 3.8) is 0 Å². The lowest BCUT2D eigenvalue weighted by Crippen LogP contribution is -2.20. The number of hydrogen-bond donors (Lipinski definition) is 0. The fourth-order valence-electron chi connectivity index (χ4n) is 2.77. The molecule has 6 heteroatoms. The van der Waals surface area contributed by atoms with Gasteiger partial charge in [0.2, 0.25) is 0 Å². The molecule has 114 valence electrons. The minimum Gasteiger partial charge on any atom is -0.491 e. The Hall–Kier alpha value is -1.95. The molecular formula is C16H15NO4S. The summed E-state index contributed by atoms with van der Waals surface area (Å²) in [5.74, 6) is 1.76. The van der Waals surface area contributed by atoms with Crippen LogP contribution in [0.3, 0.4) is 0 Å². The number of nitrogens with zero attached hydrogens (tertiary/aromatic N) is 1. The normalized spacial score (nSPS) is 20.3. The van der Waals surface area contributed by atoms with Crippen molar-refractivity contribution in [3.8, 4) is 5.75 Å². The summed E-state index contributed by atoms with van der Waals surface area (Å²) in [6.07, 6.45) is 3.52. The predicted octanol–water partition coefficient (Wildman–Crippen LogP) is 2.59. The fraction of sp³-hybridized carbons (Fsp3) is 0.375. The van der Waals surface area contributed by atoms with Crippen LogP contribution in [0.4, 0.5) is 0 Å². The summed E-state index contributed by atoms with van der Waals surface area (Å²) in [6, 6.07) is 3.56. The average molecular weight is 317 g/mol. The van der Waals surface area contributed by atoms with Crippen LogP contribution in [0.15, 0.2) is 27.7 Å². The predicted molar refractivity (Wildman–Crippen MR) is 79.9 cm³/mol. The maximum Gasteiger partial charge on any atom is 0.199 e. The van der Waals surface area contributed by atoms with Gasteiger partial charge in [-0.2, -0.15) is 0 Å². The third kappa shape index (κ3) is 2.09. The summed E-state index contributed by atoms with van der Waals surface area (Å²) in [6.45, 7) is 2.31. The Balaban J connectivity index is 1.84. The molecule has 1 aliphatic heterocycles. The van der Waals surface area contributed by atoms with Crippen LogP contribution in [0, 0.1) is 6.92 Å². The Bertz CT molecular complexity index is 791. The van der Waals surface area contributed by atoms with E-state index in [4.69, 9.17) is 9.26 Å². The van der Waals surface area contributed by atoms with Crippen LogP contribution in [0.25, 0.3) is 0 Å². The van der Waals surface area contributed by atoms with Crippen molar-refractivity contribution in [1.29, 1.82) is 0 Å². The van der Waals surface area contributed by atoms with Crippen LogP contribution >= 0.6 is 0 Å². The van der Waals surface area contributed by atoms with Gasteiger partial charge in [0.1, 0.15) is 12.4 Å². The van der Waals surface area contributed by atoms with Crippen LogP contribution in [0.1, 0.15) is 46.0 Å². The van der Waals surface area contributed by atoms with E-state index in [1.54, 1.807) is 6.07 Å². The third-order valence-corrected chi connectivity index (χ3v) is 5.49. The molecule has 2 aliphatic rings. The molecule has 1 fully saturated rings. The van der Waals surface area contributed by atoms with Crippen LogP contribution in [-0.4, -0.2) is 27.5 Å². The Morgan fingerprint density at radius 3 is 2.91 bits per heavy atom. The van der Waals surface area contributed by atoms with Gasteiger partial charge in [0.25, 0.3) is 0 Å². The number of ketones is 1. The van der Waals surface area contributed by atoms with Crippen molar-refractivity contribution in [3.05, 3.63) is 40.8 Å². The van der Waals surface area contributed by atoms with Crippen molar-refractivity contribution in [2.45, 2.75) is 30.6 Å². The highest BCUT2D eigenvalue weighted by atomic mass is 32.2. The number of fused-ring (bicyclic) bond motifs is 1. The number of aryl methyl sites for hydroxylation is 1. The molecule has 5 nitrogen and oxygen atoms in total. The van der Waals surface area contributed by atoms with E-state index in [0.29, 0.717) is 45.8 Å². The number of ether oxygens (including phenoxy) is 1. The highest BCUT2D eigenvalue weighted by Gasteiger charge is 2.34. The minimum atomic E-state index is -1.22. The Labute approximate surface area is 130 Å². The quantitative estimate of drug-likeness (QED) is 0.814. The topological polar surface area (TPSA) is 69.4 Å². The van der Waals surface area contributed by atoms with Gasteiger partial charge in [-0.25, -0.2) is 0 Å². The molecule has 1 aromatic carbocycles. The van der Waals surface area contributed by atoms with Crippen molar-refractivity contribution in [2.75, 3.05) is 12.4 Å². The van der Waals surface area contributed by atoms with Gasteiger partial charge in [0.05, 0.1) is 33.2 Å². The van der Waals surface area contributed by atoms with Crippen molar-refractivity contribution < 1.29 is 18.3 Å². The average Bonchev–Trinajstić information content (AvgIpc) is 3.25. The first kappa shape index (κ1) is 13.7. The molecule has 2 aromatic rings. The molecule has 1 saturated carbocycles. The molecule has 1 aliphatic carbocycles. The molecule has 1 aromatic heterocycles. The van der Waals surface area contributed by atoms with E-state index in [1.807, 2.05) is 13.0 Å². The third-order valence-electron chi connectivity index (χ3n) is 4.09. The molecule has 0 saturated heterocycles. The highest BCUT2D eigenvalue weighted by Crippen LogP contribution is 2.42. The first-order chi connectivity index (χ1) is 10.7. The monoisotopic (exact) mass is 317 g/mol. The second kappa shape index (κ2) is 5.05. The summed E-state index contributed by atoms with van der Waals surface area (Å²) in [7, 11) is -1.22. The molecule has 0 radical (unpaired) electrons. The lowest BCUT2D eigenvalue weighted by Gasteiger charge is -2.21. The minimum absolute atomic E-state index is 0.182. The zero-order valence-corrected chi connectivity index (χ0v) is 12.9. The van der Waals surface area contributed by atoms with Crippen molar-refractivity contribution >= 4 is 16.6 Å². The van der Waals surface area contributed by atoms with E-state index < -0.39 is 10.8 Å². The Morgan fingerprint density at radius 2 is 2.14 bits per heavy atom. The maximum atomic E-state index is 12.9. The molecule has 1 atom stereocenters. The van der Waals surface area contributed by atoms with Gasteiger partial charge in [-0.15, -0.1) is 0 Å². The first-order valence-corrected chi connectivity index (χ1v) is 8.62. The van der Waals surface area contributed by atoms with E-state index in [9.17, 15) is 9.00 Å². The van der Waals surface area contributed by atoms with Gasteiger partial charge in [0, 0.05) is 11.5 Å². The second-order valence-electron chi connectivity index (χ2n) is 5.69. The maximum absolute atomic E-state index is 12.9. The first-order valence-electron chi connectivity index (χ1n) is 7.31. The van der Waals surface area contributed by atoms with Crippen LogP contribution < -0.4 is 4.74 Å². The number of aromatic nitrogens is 1. The summed E-state index contributed by atoms with van der Waals surface area (Å²) < 4.78 is 23.3. The van der Waals surface area contributed by atoms with Gasteiger partial charge in [-0.3, -0.25) is 9.00 Å². The van der Waals surface area contributed by atoms with Crippen LogP contribution in [0.2, 0.25) is 0 Å². The van der Waals surface area contributed by atoms with Crippen LogP contribution in [0.5, 0.6) is 5.75 Å². The van der Waals surface area contributed by atoms with Gasteiger partial charge in [-0.05, 0) is 31.4 Å². The zero-order valence-electron chi connectivity index (χ0n) is 12.1. The largest absolute Gasteiger partial charge is 0.491 e. The number of carbonyl (C=O) groups is 1. The molecule has 4 rings (SSSR count). The number of hydrogen-bond acceptors (Lipinski definition) is 5. The van der Waals surface area contributed by atoms with E-state index in [2.05, 4.69) is 5.16 Å². The van der Waals surface area contributed by atoms with E-state index in [0.717, 1.165) is 18.4 Å². The van der Waals surface area contributed by atoms with Gasteiger partial charge in [-0.1, -0.05) is 11.2 Å². The van der Waals surface area contributed by atoms with E-state index in [-0.39, 0.29) is 5.78 Å². The van der Waals surface area contributed by atoms with E-state index >= 15 is 0 Å². The summed E-state index contributed by atoms with van der Waals surface area (Å²) in [5, 5.41) is 3.78. The lowest BCUT2D eigenvalue weighted by molar-refractivity contribution is 0.103. The molecule has 0 amide bonds. The van der Waals surface area contributed by atoms with Crippen LogP contribution in [-0.2, 0) is 10.8 Å². The smallest absolute Gasteiger partial charge is 0.199 e. The van der Waals surface area contributed by atoms with Crippen molar-refractivity contribution in [2.24, 2.45) is 0 Å². The van der Waals surface area contributed by atoms with Gasteiger partial charge < -0.3 is 9.26 Å². The second-order valence-corrected chi connectivity index (χ2v) is 7.20. The van der Waals surface area contributed by atoms with Crippen molar-refractivity contribution in [1.82, 2.24) is 5.16 Å². The summed E-state index contributed by atoms with van der Waals surface area (Å²) in [5.41, 5.74) is 1.81. The molecule has 1 unspecified atom stereocenters. The van der Waals surface area contributed by atoms with Gasteiger partial charge in [0.15, 0.2) is 11.5 Å². The zero-order chi connectivity index (χ0) is 15.3. The van der Waals surface area contributed by atoms with E-state index in [1.165, 1.54) is 6.20 Å². The molecule has 0 N–H and O–H groups in total. The molecule has 2 heterocycles. The molecule has 0 spiro atoms. The lowest BCUT2D eigenvalue weighted by atomic mass is 10.0. The fourth-order valence-corrected chi connectivity index (χ4v) is 4.04. The molecule has 0 bridgehead atoms. The van der Waals surface area contributed by atoms with Gasteiger partial charge >= 0.3 is 0 Å². The summed E-state index contributed by atoms with van der Waals surface area (Å²) >= 11 is 0. The SMILES string of the molecule is Cc1ccc(C(=O)c2cnoc2C2CC2)c2c1OCCS2=O. The Morgan fingerprint density at radius 1 is 1.32 bits per heavy atom.